The monoisotopic (exact) mass is 313 g/mol. The molecule has 0 N–H and O–H groups in total. The van der Waals surface area contributed by atoms with E-state index in [1.807, 2.05) is 36.4 Å². The zero-order valence-electron chi connectivity index (χ0n) is 12.8. The first-order valence-electron chi connectivity index (χ1n) is 7.37. The van der Waals surface area contributed by atoms with Gasteiger partial charge in [-0.25, -0.2) is 0 Å². The molecule has 0 saturated carbocycles. The lowest BCUT2D eigenvalue weighted by molar-refractivity contribution is -0.304. The molecule has 0 radical (unpaired) electrons. The van der Waals surface area contributed by atoms with Crippen molar-refractivity contribution < 1.29 is 24.1 Å². The molecular weight excluding hydrogens is 296 g/mol. The largest absolute Gasteiger partial charge is 0.550 e. The van der Waals surface area contributed by atoms with Crippen LogP contribution in [0.3, 0.4) is 0 Å². The van der Waals surface area contributed by atoms with E-state index in [0.29, 0.717) is 23.7 Å². The molecule has 120 valence electrons. The molecule has 1 aliphatic rings. The van der Waals surface area contributed by atoms with Crippen molar-refractivity contribution in [1.82, 2.24) is 0 Å². The second-order valence-electron chi connectivity index (χ2n) is 5.38. The van der Waals surface area contributed by atoms with E-state index in [-0.39, 0.29) is 12.5 Å². The number of carbonyl (C=O) groups is 1. The van der Waals surface area contributed by atoms with Gasteiger partial charge in [0, 0.05) is 12.4 Å². The second-order valence-corrected chi connectivity index (χ2v) is 5.38. The predicted octanol–water partition coefficient (Wildman–Crippen LogP) is 1.43. The van der Waals surface area contributed by atoms with Gasteiger partial charge >= 0.3 is 0 Å². The Morgan fingerprint density at radius 3 is 2.70 bits per heavy atom. The quantitative estimate of drug-likeness (QED) is 0.723. The number of benzene rings is 2. The average molecular weight is 313 g/mol. The maximum Gasteiger partial charge on any atom is 0.161 e. The third-order valence-corrected chi connectivity index (χ3v) is 3.60. The minimum absolute atomic E-state index is 0.105. The zero-order valence-corrected chi connectivity index (χ0v) is 12.8. The SMILES string of the molecule is COc1ccc(-c2cccc(CC(=O)[O-])c2)cc1OCC1CO1. The molecule has 0 aliphatic carbocycles. The van der Waals surface area contributed by atoms with Crippen molar-refractivity contribution in [3.8, 4) is 22.6 Å². The number of methoxy groups -OCH3 is 1. The highest BCUT2D eigenvalue weighted by Gasteiger charge is 2.23. The predicted molar refractivity (Wildman–Crippen MR) is 82.4 cm³/mol. The van der Waals surface area contributed by atoms with E-state index in [2.05, 4.69) is 0 Å². The lowest BCUT2D eigenvalue weighted by atomic mass is 10.0. The van der Waals surface area contributed by atoms with Gasteiger partial charge in [0.1, 0.15) is 12.7 Å². The molecule has 23 heavy (non-hydrogen) atoms. The van der Waals surface area contributed by atoms with E-state index >= 15 is 0 Å². The summed E-state index contributed by atoms with van der Waals surface area (Å²) < 4.78 is 16.2. The fourth-order valence-electron chi connectivity index (χ4n) is 2.34. The van der Waals surface area contributed by atoms with Crippen LogP contribution < -0.4 is 14.6 Å². The summed E-state index contributed by atoms with van der Waals surface area (Å²) in [6.45, 7) is 1.22. The zero-order chi connectivity index (χ0) is 16.2. The van der Waals surface area contributed by atoms with Crippen molar-refractivity contribution in [2.24, 2.45) is 0 Å². The summed E-state index contributed by atoms with van der Waals surface area (Å²) in [7, 11) is 1.59. The molecule has 0 bridgehead atoms. The highest BCUT2D eigenvalue weighted by atomic mass is 16.6. The fourth-order valence-corrected chi connectivity index (χ4v) is 2.34. The van der Waals surface area contributed by atoms with Crippen molar-refractivity contribution in [1.29, 1.82) is 0 Å². The maximum atomic E-state index is 10.7. The standard InChI is InChI=1S/C18H18O5/c1-21-16-6-5-14(9-17(16)23-11-15-10-22-15)13-4-2-3-12(7-13)8-18(19)20/h2-7,9,15H,8,10-11H2,1H3,(H,19,20)/p-1. The van der Waals surface area contributed by atoms with Gasteiger partial charge in [-0.2, -0.15) is 0 Å². The summed E-state index contributed by atoms with van der Waals surface area (Å²) in [4.78, 5) is 10.7. The molecule has 0 spiro atoms. The van der Waals surface area contributed by atoms with E-state index in [4.69, 9.17) is 14.2 Å². The minimum atomic E-state index is -1.09. The summed E-state index contributed by atoms with van der Waals surface area (Å²) in [5, 5.41) is 10.7. The van der Waals surface area contributed by atoms with Crippen LogP contribution in [-0.4, -0.2) is 32.4 Å². The van der Waals surface area contributed by atoms with Gasteiger partial charge in [0.2, 0.25) is 0 Å². The average Bonchev–Trinajstić information content (AvgIpc) is 3.36. The van der Waals surface area contributed by atoms with Gasteiger partial charge in [0.25, 0.3) is 0 Å². The number of hydrogen-bond donors (Lipinski definition) is 0. The molecule has 0 aromatic heterocycles. The Balaban J connectivity index is 1.86. The van der Waals surface area contributed by atoms with Crippen molar-refractivity contribution in [2.45, 2.75) is 12.5 Å². The summed E-state index contributed by atoms with van der Waals surface area (Å²) >= 11 is 0. The molecule has 1 aliphatic heterocycles. The van der Waals surface area contributed by atoms with Crippen LogP contribution in [0.2, 0.25) is 0 Å². The molecule has 3 rings (SSSR count). The first-order chi connectivity index (χ1) is 11.2. The number of aliphatic carboxylic acids is 1. The van der Waals surface area contributed by atoms with Crippen LogP contribution in [0.4, 0.5) is 0 Å². The Morgan fingerprint density at radius 2 is 2.00 bits per heavy atom. The number of ether oxygens (including phenoxy) is 3. The molecule has 1 fully saturated rings. The van der Waals surface area contributed by atoms with E-state index in [0.717, 1.165) is 17.7 Å². The summed E-state index contributed by atoms with van der Waals surface area (Å²) in [6, 6.07) is 13.0. The lowest BCUT2D eigenvalue weighted by Crippen LogP contribution is -2.24. The number of epoxide rings is 1. The maximum absolute atomic E-state index is 10.7. The Hall–Kier alpha value is -2.53. The molecule has 2 aromatic carbocycles. The van der Waals surface area contributed by atoms with Crippen LogP contribution in [0.1, 0.15) is 5.56 Å². The Kier molecular flexibility index (Phi) is 4.48. The minimum Gasteiger partial charge on any atom is -0.550 e. The van der Waals surface area contributed by atoms with Gasteiger partial charge in [-0.3, -0.25) is 0 Å². The highest BCUT2D eigenvalue weighted by Crippen LogP contribution is 2.33. The van der Waals surface area contributed by atoms with E-state index in [1.165, 1.54) is 0 Å². The van der Waals surface area contributed by atoms with E-state index < -0.39 is 5.97 Å². The van der Waals surface area contributed by atoms with Crippen LogP contribution in [-0.2, 0) is 16.0 Å². The number of rotatable bonds is 7. The van der Waals surface area contributed by atoms with Gasteiger partial charge < -0.3 is 24.1 Å². The van der Waals surface area contributed by atoms with Crippen molar-refractivity contribution in [3.63, 3.8) is 0 Å². The normalized spacial score (nSPS) is 16.0. The van der Waals surface area contributed by atoms with Crippen LogP contribution >= 0.6 is 0 Å². The Bertz CT molecular complexity index is 706. The third-order valence-electron chi connectivity index (χ3n) is 3.60. The van der Waals surface area contributed by atoms with E-state index in [1.54, 1.807) is 13.2 Å². The van der Waals surface area contributed by atoms with Crippen molar-refractivity contribution in [2.75, 3.05) is 20.3 Å². The van der Waals surface area contributed by atoms with E-state index in [9.17, 15) is 9.90 Å². The van der Waals surface area contributed by atoms with Crippen molar-refractivity contribution >= 4 is 5.97 Å². The van der Waals surface area contributed by atoms with Crippen molar-refractivity contribution in [3.05, 3.63) is 48.0 Å². The summed E-state index contributed by atoms with van der Waals surface area (Å²) in [5.41, 5.74) is 2.55. The smallest absolute Gasteiger partial charge is 0.161 e. The molecular formula is C18H17O5-. The number of hydrogen-bond acceptors (Lipinski definition) is 5. The molecule has 5 heteroatoms. The van der Waals surface area contributed by atoms with Crippen LogP contribution in [0, 0.1) is 0 Å². The molecule has 0 amide bonds. The van der Waals surface area contributed by atoms with Gasteiger partial charge in [-0.1, -0.05) is 30.3 Å². The molecule has 1 saturated heterocycles. The van der Waals surface area contributed by atoms with Gasteiger partial charge in [0.15, 0.2) is 11.5 Å². The summed E-state index contributed by atoms with van der Waals surface area (Å²) in [5.74, 6) is 0.205. The number of carboxylic acid groups (broad SMARTS) is 1. The Labute approximate surface area is 134 Å². The molecule has 1 atom stereocenters. The van der Waals surface area contributed by atoms with Crippen LogP contribution in [0.15, 0.2) is 42.5 Å². The molecule has 1 heterocycles. The van der Waals surface area contributed by atoms with Gasteiger partial charge in [-0.15, -0.1) is 0 Å². The summed E-state index contributed by atoms with van der Waals surface area (Å²) in [6.07, 6.45) is 0.0570. The molecule has 2 aromatic rings. The number of carbonyl (C=O) groups excluding carboxylic acids is 1. The first kappa shape index (κ1) is 15.4. The molecule has 1 unspecified atom stereocenters. The second kappa shape index (κ2) is 6.71. The number of carboxylic acids is 1. The third kappa shape index (κ3) is 4.02. The Morgan fingerprint density at radius 1 is 1.22 bits per heavy atom. The van der Waals surface area contributed by atoms with Gasteiger partial charge in [-0.05, 0) is 28.8 Å². The topological polar surface area (TPSA) is 71.1 Å². The highest BCUT2D eigenvalue weighted by molar-refractivity contribution is 5.71. The van der Waals surface area contributed by atoms with Crippen LogP contribution in [0.25, 0.3) is 11.1 Å². The molecule has 5 nitrogen and oxygen atoms in total. The van der Waals surface area contributed by atoms with Gasteiger partial charge in [0.05, 0.1) is 13.7 Å². The lowest BCUT2D eigenvalue weighted by Gasteiger charge is -2.12. The fraction of sp³-hybridized carbons (Fsp3) is 0.278. The van der Waals surface area contributed by atoms with Crippen LogP contribution in [0.5, 0.6) is 11.5 Å². The first-order valence-corrected chi connectivity index (χ1v) is 7.37.